The quantitative estimate of drug-likeness (QED) is 0.900. The summed E-state index contributed by atoms with van der Waals surface area (Å²) in [5.74, 6) is 0.601. The average Bonchev–Trinajstić information content (AvgIpc) is 2.48. The molecule has 118 valence electrons. The van der Waals surface area contributed by atoms with Crippen LogP contribution in [-0.2, 0) is 15.6 Å². The fourth-order valence-electron chi connectivity index (χ4n) is 3.29. The first-order chi connectivity index (χ1) is 9.97. The summed E-state index contributed by atoms with van der Waals surface area (Å²) in [7, 11) is -3.23. The van der Waals surface area contributed by atoms with Crippen LogP contribution in [0.3, 0.4) is 0 Å². The van der Waals surface area contributed by atoms with E-state index >= 15 is 0 Å². The van der Waals surface area contributed by atoms with Crippen LogP contribution in [0.1, 0.15) is 38.2 Å². The molecule has 0 spiro atoms. The number of hydrogen-bond donors (Lipinski definition) is 1. The van der Waals surface area contributed by atoms with Crippen LogP contribution in [0.5, 0.6) is 0 Å². The third-order valence-electron chi connectivity index (χ3n) is 4.69. The summed E-state index contributed by atoms with van der Waals surface area (Å²) in [6, 6.07) is 7.17. The van der Waals surface area contributed by atoms with Crippen LogP contribution in [0.4, 0.5) is 0 Å². The minimum Gasteiger partial charge on any atom is -0.330 e. The SMILES string of the molecule is CCC1CCC(CN)C(S(=O)(=O)Cc2ccccc2Cl)C1. The highest BCUT2D eigenvalue weighted by Gasteiger charge is 2.37. The molecule has 3 unspecified atom stereocenters. The molecule has 3 nitrogen and oxygen atoms in total. The van der Waals surface area contributed by atoms with E-state index in [2.05, 4.69) is 6.92 Å². The Bertz CT molecular complexity index is 573. The fourth-order valence-corrected chi connectivity index (χ4v) is 5.87. The van der Waals surface area contributed by atoms with E-state index in [9.17, 15) is 8.42 Å². The molecular weight excluding hydrogens is 306 g/mol. The molecule has 0 heterocycles. The van der Waals surface area contributed by atoms with E-state index in [0.717, 1.165) is 25.7 Å². The third-order valence-corrected chi connectivity index (χ3v) is 7.28. The molecule has 21 heavy (non-hydrogen) atoms. The predicted molar refractivity (Wildman–Crippen MR) is 88.0 cm³/mol. The normalized spacial score (nSPS) is 26.7. The Kier molecular flexibility index (Phi) is 5.69. The minimum atomic E-state index is -3.23. The summed E-state index contributed by atoms with van der Waals surface area (Å²) in [5, 5.41) is 0.200. The first-order valence-corrected chi connectivity index (χ1v) is 9.72. The van der Waals surface area contributed by atoms with E-state index in [-0.39, 0.29) is 16.9 Å². The van der Waals surface area contributed by atoms with Gasteiger partial charge in [-0.1, -0.05) is 49.6 Å². The van der Waals surface area contributed by atoms with E-state index in [1.807, 2.05) is 12.1 Å². The standard InChI is InChI=1S/C16H24ClNO2S/c1-2-12-7-8-13(10-18)16(9-12)21(19,20)11-14-5-3-4-6-15(14)17/h3-6,12-13,16H,2,7-11,18H2,1H3. The van der Waals surface area contributed by atoms with Crippen LogP contribution in [0, 0.1) is 11.8 Å². The molecule has 0 saturated heterocycles. The van der Waals surface area contributed by atoms with Gasteiger partial charge in [-0.3, -0.25) is 0 Å². The Labute approximate surface area is 132 Å². The Morgan fingerprint density at radius 1 is 1.29 bits per heavy atom. The van der Waals surface area contributed by atoms with Crippen molar-refractivity contribution in [3.63, 3.8) is 0 Å². The topological polar surface area (TPSA) is 60.2 Å². The van der Waals surface area contributed by atoms with Crippen LogP contribution in [0.15, 0.2) is 24.3 Å². The Hall–Kier alpha value is -0.580. The van der Waals surface area contributed by atoms with E-state index in [4.69, 9.17) is 17.3 Å². The summed E-state index contributed by atoms with van der Waals surface area (Å²) >= 11 is 6.11. The lowest BCUT2D eigenvalue weighted by atomic mass is 9.80. The predicted octanol–water partition coefficient (Wildman–Crippen LogP) is 3.41. The highest BCUT2D eigenvalue weighted by molar-refractivity contribution is 7.91. The van der Waals surface area contributed by atoms with E-state index < -0.39 is 9.84 Å². The van der Waals surface area contributed by atoms with Crippen molar-refractivity contribution >= 4 is 21.4 Å². The van der Waals surface area contributed by atoms with Gasteiger partial charge in [-0.2, -0.15) is 0 Å². The molecule has 1 aliphatic carbocycles. The lowest BCUT2D eigenvalue weighted by Gasteiger charge is -2.35. The summed E-state index contributed by atoms with van der Waals surface area (Å²) in [6.45, 7) is 2.58. The molecule has 0 amide bonds. The molecule has 0 aromatic heterocycles. The zero-order valence-electron chi connectivity index (χ0n) is 12.5. The highest BCUT2D eigenvalue weighted by Crippen LogP contribution is 2.36. The molecule has 1 saturated carbocycles. The molecule has 1 aliphatic rings. The number of nitrogens with two attached hydrogens (primary N) is 1. The lowest BCUT2D eigenvalue weighted by molar-refractivity contribution is 0.275. The second-order valence-electron chi connectivity index (χ2n) is 6.02. The van der Waals surface area contributed by atoms with Crippen molar-refractivity contribution in [2.75, 3.05) is 6.54 Å². The van der Waals surface area contributed by atoms with Crippen molar-refractivity contribution in [2.24, 2.45) is 17.6 Å². The molecule has 5 heteroatoms. The van der Waals surface area contributed by atoms with Crippen molar-refractivity contribution in [1.29, 1.82) is 0 Å². The van der Waals surface area contributed by atoms with Crippen LogP contribution < -0.4 is 5.73 Å². The van der Waals surface area contributed by atoms with Gasteiger partial charge < -0.3 is 5.73 Å². The molecule has 1 aromatic rings. The Balaban J connectivity index is 2.22. The van der Waals surface area contributed by atoms with Crippen LogP contribution >= 0.6 is 11.6 Å². The number of sulfone groups is 1. The molecule has 2 N–H and O–H groups in total. The van der Waals surface area contributed by atoms with Crippen LogP contribution in [0.2, 0.25) is 5.02 Å². The second kappa shape index (κ2) is 7.12. The van der Waals surface area contributed by atoms with Crippen LogP contribution in [0.25, 0.3) is 0 Å². The number of hydrogen-bond acceptors (Lipinski definition) is 3. The summed E-state index contributed by atoms with van der Waals surface area (Å²) in [4.78, 5) is 0. The van der Waals surface area contributed by atoms with E-state index in [1.54, 1.807) is 12.1 Å². The maximum Gasteiger partial charge on any atom is 0.157 e. The van der Waals surface area contributed by atoms with Crippen LogP contribution in [-0.4, -0.2) is 20.2 Å². The summed E-state index contributed by atoms with van der Waals surface area (Å²) < 4.78 is 25.6. The molecule has 2 rings (SSSR count). The smallest absolute Gasteiger partial charge is 0.157 e. The van der Waals surface area contributed by atoms with Gasteiger partial charge in [0, 0.05) is 5.02 Å². The maximum absolute atomic E-state index is 12.8. The fraction of sp³-hybridized carbons (Fsp3) is 0.625. The lowest BCUT2D eigenvalue weighted by Crippen LogP contribution is -2.40. The molecule has 1 aromatic carbocycles. The van der Waals surface area contributed by atoms with Gasteiger partial charge in [-0.05, 0) is 42.9 Å². The molecule has 0 aliphatic heterocycles. The number of halogens is 1. The Morgan fingerprint density at radius 2 is 2.00 bits per heavy atom. The average molecular weight is 330 g/mol. The third kappa shape index (κ3) is 3.99. The number of rotatable bonds is 5. The van der Waals surface area contributed by atoms with Crippen molar-refractivity contribution < 1.29 is 8.42 Å². The number of benzene rings is 1. The Morgan fingerprint density at radius 3 is 2.62 bits per heavy atom. The largest absolute Gasteiger partial charge is 0.330 e. The van der Waals surface area contributed by atoms with Gasteiger partial charge >= 0.3 is 0 Å². The monoisotopic (exact) mass is 329 g/mol. The van der Waals surface area contributed by atoms with Gasteiger partial charge in [0.15, 0.2) is 9.84 Å². The van der Waals surface area contributed by atoms with Crippen molar-refractivity contribution in [3.8, 4) is 0 Å². The van der Waals surface area contributed by atoms with Crippen molar-refractivity contribution in [3.05, 3.63) is 34.9 Å². The first kappa shape index (κ1) is 16.8. The van der Waals surface area contributed by atoms with Gasteiger partial charge in [0.2, 0.25) is 0 Å². The zero-order valence-corrected chi connectivity index (χ0v) is 14.0. The molecule has 3 atom stereocenters. The van der Waals surface area contributed by atoms with E-state index in [0.29, 0.717) is 23.0 Å². The first-order valence-electron chi connectivity index (χ1n) is 7.63. The zero-order chi connectivity index (χ0) is 15.5. The second-order valence-corrected chi connectivity index (χ2v) is 8.65. The molecular formula is C16H24ClNO2S. The van der Waals surface area contributed by atoms with Gasteiger partial charge in [0.05, 0.1) is 11.0 Å². The van der Waals surface area contributed by atoms with Gasteiger partial charge in [0.25, 0.3) is 0 Å². The van der Waals surface area contributed by atoms with Gasteiger partial charge in [-0.25, -0.2) is 8.42 Å². The van der Waals surface area contributed by atoms with E-state index in [1.165, 1.54) is 0 Å². The minimum absolute atomic E-state index is 0.0181. The molecule has 1 fully saturated rings. The van der Waals surface area contributed by atoms with Gasteiger partial charge in [-0.15, -0.1) is 0 Å². The van der Waals surface area contributed by atoms with Crippen molar-refractivity contribution in [1.82, 2.24) is 0 Å². The molecule has 0 radical (unpaired) electrons. The summed E-state index contributed by atoms with van der Waals surface area (Å²) in [5.41, 5.74) is 6.50. The van der Waals surface area contributed by atoms with Crippen molar-refractivity contribution in [2.45, 2.75) is 43.6 Å². The summed E-state index contributed by atoms with van der Waals surface area (Å²) in [6.07, 6.45) is 3.79. The van der Waals surface area contributed by atoms with Gasteiger partial charge in [0.1, 0.15) is 0 Å². The maximum atomic E-state index is 12.8. The highest BCUT2D eigenvalue weighted by atomic mass is 35.5. The molecule has 0 bridgehead atoms.